The van der Waals surface area contributed by atoms with Gasteiger partial charge in [0.1, 0.15) is 11.4 Å². The topological polar surface area (TPSA) is 50.8 Å². The van der Waals surface area contributed by atoms with Crippen molar-refractivity contribution >= 4 is 33.6 Å². The summed E-state index contributed by atoms with van der Waals surface area (Å²) in [6.45, 7) is 7.60. The van der Waals surface area contributed by atoms with Gasteiger partial charge < -0.3 is 19.7 Å². The van der Waals surface area contributed by atoms with Crippen molar-refractivity contribution in [2.75, 3.05) is 20.2 Å². The van der Waals surface area contributed by atoms with E-state index < -0.39 is 5.60 Å². The van der Waals surface area contributed by atoms with E-state index in [1.54, 1.807) is 12.0 Å². The molecule has 30 heavy (non-hydrogen) atoms. The van der Waals surface area contributed by atoms with E-state index in [9.17, 15) is 4.79 Å². The molecule has 1 atom stereocenters. The lowest BCUT2D eigenvalue weighted by atomic mass is 9.87. The normalized spacial score (nSPS) is 15.5. The van der Waals surface area contributed by atoms with Gasteiger partial charge in [-0.15, -0.1) is 0 Å². The maximum Gasteiger partial charge on any atom is 0.410 e. The van der Waals surface area contributed by atoms with Crippen LogP contribution in [0.5, 0.6) is 5.75 Å². The molecule has 0 radical (unpaired) electrons. The molecule has 162 valence electrons. The van der Waals surface area contributed by atoms with Crippen molar-refractivity contribution in [3.8, 4) is 5.75 Å². The zero-order chi connectivity index (χ0) is 21.9. The monoisotopic (exact) mass is 494 g/mol. The number of carbonyl (C=O) groups is 1. The van der Waals surface area contributed by atoms with E-state index in [-0.39, 0.29) is 18.1 Å². The lowest BCUT2D eigenvalue weighted by molar-refractivity contribution is -0.00721. The summed E-state index contributed by atoms with van der Waals surface area (Å²) in [5.41, 5.74) is 1.75. The molecule has 2 aromatic carbocycles. The van der Waals surface area contributed by atoms with Crippen LogP contribution in [0.25, 0.3) is 0 Å². The highest BCUT2D eigenvalue weighted by Gasteiger charge is 2.39. The van der Waals surface area contributed by atoms with Gasteiger partial charge in [0.15, 0.2) is 0 Å². The van der Waals surface area contributed by atoms with E-state index in [1.807, 2.05) is 63.2 Å². The quantitative estimate of drug-likeness (QED) is 0.549. The molecule has 0 spiro atoms. The van der Waals surface area contributed by atoms with E-state index in [0.717, 1.165) is 21.3 Å². The largest absolute Gasteiger partial charge is 0.497 e. The number of nitrogens with one attached hydrogen (secondary N) is 1. The second kappa shape index (κ2) is 9.58. The molecule has 1 aliphatic rings. The lowest BCUT2D eigenvalue weighted by Crippen LogP contribution is -2.55. The van der Waals surface area contributed by atoms with Gasteiger partial charge in [-0.2, -0.15) is 0 Å². The number of likely N-dealkylation sites (tertiary alicyclic amines) is 1. The summed E-state index contributed by atoms with van der Waals surface area (Å²) in [5, 5.41) is 4.35. The highest BCUT2D eigenvalue weighted by molar-refractivity contribution is 9.10. The Morgan fingerprint density at radius 1 is 1.23 bits per heavy atom. The maximum atomic E-state index is 12.3. The van der Waals surface area contributed by atoms with E-state index >= 15 is 0 Å². The second-order valence-electron chi connectivity index (χ2n) is 8.52. The molecular weight excluding hydrogens is 468 g/mol. The van der Waals surface area contributed by atoms with Crippen LogP contribution in [-0.2, 0) is 11.3 Å². The summed E-state index contributed by atoms with van der Waals surface area (Å²) in [5.74, 6) is 1.09. The van der Waals surface area contributed by atoms with Gasteiger partial charge in [0.2, 0.25) is 0 Å². The molecule has 5 nitrogen and oxygen atoms in total. The molecule has 1 N–H and O–H groups in total. The van der Waals surface area contributed by atoms with Crippen molar-refractivity contribution in [3.63, 3.8) is 0 Å². The van der Waals surface area contributed by atoms with E-state index in [4.69, 9.17) is 21.1 Å². The van der Waals surface area contributed by atoms with Crippen LogP contribution in [0, 0.1) is 5.92 Å². The van der Waals surface area contributed by atoms with Crippen molar-refractivity contribution in [3.05, 3.63) is 63.1 Å². The summed E-state index contributed by atoms with van der Waals surface area (Å²) in [4.78, 5) is 14.1. The molecule has 1 amide bonds. The van der Waals surface area contributed by atoms with E-state index in [1.165, 1.54) is 0 Å². The Kier molecular flexibility index (Phi) is 7.32. The van der Waals surface area contributed by atoms with Crippen molar-refractivity contribution in [2.24, 2.45) is 5.92 Å². The van der Waals surface area contributed by atoms with Gasteiger partial charge in [-0.1, -0.05) is 39.7 Å². The van der Waals surface area contributed by atoms with Crippen molar-refractivity contribution in [1.29, 1.82) is 0 Å². The van der Waals surface area contributed by atoms with Crippen LogP contribution >= 0.6 is 27.5 Å². The highest BCUT2D eigenvalue weighted by atomic mass is 79.9. The van der Waals surface area contributed by atoms with Gasteiger partial charge in [0.05, 0.1) is 7.11 Å². The third-order valence-electron chi connectivity index (χ3n) is 5.01. The fraction of sp³-hybridized carbons (Fsp3) is 0.435. The van der Waals surface area contributed by atoms with Crippen LogP contribution in [0.2, 0.25) is 5.02 Å². The third-order valence-corrected chi connectivity index (χ3v) is 5.97. The molecule has 1 saturated heterocycles. The molecule has 1 unspecified atom stereocenters. The summed E-state index contributed by atoms with van der Waals surface area (Å²) in [6.07, 6.45) is -0.266. The van der Waals surface area contributed by atoms with Crippen molar-refractivity contribution < 1.29 is 14.3 Å². The van der Waals surface area contributed by atoms with Crippen LogP contribution in [0.3, 0.4) is 0 Å². The summed E-state index contributed by atoms with van der Waals surface area (Å²) >= 11 is 9.94. The molecule has 0 aliphatic carbocycles. The van der Waals surface area contributed by atoms with Crippen LogP contribution in [-0.4, -0.2) is 36.8 Å². The Morgan fingerprint density at radius 2 is 1.90 bits per heavy atom. The summed E-state index contributed by atoms with van der Waals surface area (Å²) in [7, 11) is 1.66. The number of halogens is 2. The Balaban J connectivity index is 1.72. The highest BCUT2D eigenvalue weighted by Crippen LogP contribution is 2.36. The maximum absolute atomic E-state index is 12.3. The smallest absolute Gasteiger partial charge is 0.410 e. The molecule has 0 aromatic heterocycles. The fourth-order valence-corrected chi connectivity index (χ4v) is 4.13. The minimum absolute atomic E-state index is 0.0406. The number of ether oxygens (including phenoxy) is 2. The number of hydrogen-bond donors (Lipinski definition) is 1. The number of hydrogen-bond acceptors (Lipinski definition) is 4. The minimum Gasteiger partial charge on any atom is -0.497 e. The average molecular weight is 496 g/mol. The van der Waals surface area contributed by atoms with Crippen LogP contribution in [0.4, 0.5) is 4.79 Å². The van der Waals surface area contributed by atoms with Gasteiger partial charge in [-0.3, -0.25) is 0 Å². The Labute approximate surface area is 191 Å². The van der Waals surface area contributed by atoms with Gasteiger partial charge >= 0.3 is 6.09 Å². The van der Waals surface area contributed by atoms with Gasteiger partial charge in [-0.25, -0.2) is 4.79 Å². The Morgan fingerprint density at radius 3 is 2.50 bits per heavy atom. The Bertz CT molecular complexity index is 877. The van der Waals surface area contributed by atoms with E-state index in [0.29, 0.717) is 24.7 Å². The van der Waals surface area contributed by atoms with Crippen LogP contribution in [0.1, 0.15) is 37.9 Å². The predicted molar refractivity (Wildman–Crippen MR) is 123 cm³/mol. The SMILES string of the molecule is COc1ccc(CNC(c2cc(Cl)ccc2Br)C2CN(C(=O)OC(C)(C)C)C2)cc1. The summed E-state index contributed by atoms with van der Waals surface area (Å²) in [6, 6.07) is 13.8. The van der Waals surface area contributed by atoms with Crippen molar-refractivity contribution in [1.82, 2.24) is 10.2 Å². The first kappa shape index (κ1) is 22.9. The molecule has 1 heterocycles. The first-order valence-electron chi connectivity index (χ1n) is 9.95. The molecule has 1 aliphatic heterocycles. The lowest BCUT2D eigenvalue weighted by Gasteiger charge is -2.44. The van der Waals surface area contributed by atoms with Gasteiger partial charge in [0.25, 0.3) is 0 Å². The molecule has 3 rings (SSSR count). The number of methoxy groups -OCH3 is 1. The van der Waals surface area contributed by atoms with Crippen LogP contribution < -0.4 is 10.1 Å². The average Bonchev–Trinajstić information content (AvgIpc) is 2.64. The second-order valence-corrected chi connectivity index (χ2v) is 9.81. The van der Waals surface area contributed by atoms with Crippen molar-refractivity contribution in [2.45, 2.75) is 39.0 Å². The Hall–Kier alpha value is -1.76. The molecule has 2 aromatic rings. The third kappa shape index (κ3) is 5.90. The van der Waals surface area contributed by atoms with E-state index in [2.05, 4.69) is 21.2 Å². The summed E-state index contributed by atoms with van der Waals surface area (Å²) < 4.78 is 11.7. The predicted octanol–water partition coefficient (Wildman–Crippen LogP) is 5.81. The number of nitrogens with zero attached hydrogens (tertiary/aromatic N) is 1. The fourth-order valence-electron chi connectivity index (χ4n) is 3.45. The molecule has 0 saturated carbocycles. The zero-order valence-corrected chi connectivity index (χ0v) is 20.1. The molecular formula is C23H28BrClN2O3. The number of benzene rings is 2. The van der Waals surface area contributed by atoms with Gasteiger partial charge in [0, 0.05) is 41.1 Å². The number of amides is 1. The first-order chi connectivity index (χ1) is 14.2. The number of rotatable bonds is 6. The van der Waals surface area contributed by atoms with Crippen LogP contribution in [0.15, 0.2) is 46.9 Å². The first-order valence-corrected chi connectivity index (χ1v) is 11.1. The molecule has 1 fully saturated rings. The minimum atomic E-state index is -0.496. The zero-order valence-electron chi connectivity index (χ0n) is 17.7. The molecule has 7 heteroatoms. The number of carbonyl (C=O) groups excluding carboxylic acids is 1. The van der Waals surface area contributed by atoms with Gasteiger partial charge in [-0.05, 0) is 62.2 Å². The standard InChI is InChI=1S/C23H28BrClN2O3/c1-23(2,3)30-22(28)27-13-16(14-27)21(19-11-17(25)7-10-20(19)24)26-12-15-5-8-18(29-4)9-6-15/h5-11,16,21,26H,12-14H2,1-4H3. The molecule has 0 bridgehead atoms.